The van der Waals surface area contributed by atoms with Crippen molar-refractivity contribution < 1.29 is 9.59 Å². The van der Waals surface area contributed by atoms with Crippen LogP contribution in [-0.2, 0) is 11.2 Å². The maximum atomic E-state index is 13.3. The third-order valence-corrected chi connectivity index (χ3v) is 8.68. The van der Waals surface area contributed by atoms with Crippen molar-refractivity contribution in [2.24, 2.45) is 0 Å². The van der Waals surface area contributed by atoms with Crippen LogP contribution in [0.25, 0.3) is 0 Å². The molecule has 1 fully saturated rings. The molecule has 2 aromatic carbocycles. The van der Waals surface area contributed by atoms with E-state index in [2.05, 4.69) is 47.5 Å². The monoisotopic (exact) mass is 501 g/mol. The zero-order chi connectivity index (χ0) is 25.2. The molecule has 0 aliphatic carbocycles. The molecule has 1 aromatic heterocycles. The summed E-state index contributed by atoms with van der Waals surface area (Å²) in [5.41, 5.74) is 5.69. The molecule has 5 nitrogen and oxygen atoms in total. The van der Waals surface area contributed by atoms with Gasteiger partial charge in [0.1, 0.15) is 0 Å². The number of amides is 2. The van der Waals surface area contributed by atoms with Gasteiger partial charge in [0.05, 0.1) is 6.04 Å². The van der Waals surface area contributed by atoms with Crippen LogP contribution in [0.3, 0.4) is 0 Å². The van der Waals surface area contributed by atoms with Gasteiger partial charge in [-0.05, 0) is 61.4 Å². The molecule has 0 spiro atoms. The minimum absolute atomic E-state index is 0.00142. The number of hydrogen-bond acceptors (Lipinski definition) is 4. The van der Waals surface area contributed by atoms with Gasteiger partial charge in [0.2, 0.25) is 5.91 Å². The maximum absolute atomic E-state index is 13.3. The number of carbonyl (C=O) groups excluding carboxylic acids is 2. The smallest absolute Gasteiger partial charge is 0.254 e. The second-order valence-electron chi connectivity index (χ2n) is 10.2. The summed E-state index contributed by atoms with van der Waals surface area (Å²) in [6, 6.07) is 19.0. The summed E-state index contributed by atoms with van der Waals surface area (Å²) < 4.78 is 0. The van der Waals surface area contributed by atoms with Crippen LogP contribution >= 0.6 is 11.3 Å². The Hall–Kier alpha value is -2.96. The molecule has 3 heterocycles. The Kier molecular flexibility index (Phi) is 7.26. The Labute approximate surface area is 218 Å². The lowest BCUT2D eigenvalue weighted by Crippen LogP contribution is -2.55. The minimum atomic E-state index is -0.00142. The second-order valence-corrected chi connectivity index (χ2v) is 11.2. The molecule has 36 heavy (non-hydrogen) atoms. The Morgan fingerprint density at radius 2 is 1.75 bits per heavy atom. The molecule has 2 aliphatic rings. The summed E-state index contributed by atoms with van der Waals surface area (Å²) in [6.45, 7) is 9.61. The van der Waals surface area contributed by atoms with Crippen molar-refractivity contribution in [3.8, 4) is 0 Å². The highest BCUT2D eigenvalue weighted by molar-refractivity contribution is 7.10. The van der Waals surface area contributed by atoms with Crippen LogP contribution < -0.4 is 0 Å². The first-order valence-corrected chi connectivity index (χ1v) is 13.8. The summed E-state index contributed by atoms with van der Waals surface area (Å²) in [5, 5.41) is 2.19. The number of rotatable bonds is 5. The third kappa shape index (κ3) is 4.97. The molecular weight excluding hydrogens is 466 g/mol. The Morgan fingerprint density at radius 1 is 0.972 bits per heavy atom. The summed E-state index contributed by atoms with van der Waals surface area (Å²) in [4.78, 5) is 34.2. The van der Waals surface area contributed by atoms with Gasteiger partial charge >= 0.3 is 0 Å². The molecular formula is C30H35N3O2S. The van der Waals surface area contributed by atoms with Crippen LogP contribution in [0, 0.1) is 13.8 Å². The number of carbonyl (C=O) groups is 2. The van der Waals surface area contributed by atoms with E-state index >= 15 is 0 Å². The molecule has 0 radical (unpaired) electrons. The van der Waals surface area contributed by atoms with E-state index in [0.717, 1.165) is 30.6 Å². The van der Waals surface area contributed by atoms with Gasteiger partial charge in [-0.15, -0.1) is 11.3 Å². The van der Waals surface area contributed by atoms with Crippen molar-refractivity contribution >= 4 is 23.2 Å². The lowest BCUT2D eigenvalue weighted by atomic mass is 9.92. The Bertz CT molecular complexity index is 1240. The molecule has 0 saturated carbocycles. The van der Waals surface area contributed by atoms with Gasteiger partial charge < -0.3 is 9.80 Å². The predicted molar refractivity (Wildman–Crippen MR) is 145 cm³/mol. The van der Waals surface area contributed by atoms with Crippen molar-refractivity contribution in [2.75, 3.05) is 32.7 Å². The SMILES string of the molecule is Cc1ccc(C2c3ccsc3CCN2CCC(=O)N2CCN(C(=O)c3ccccc3C)C(C)C2)cc1. The van der Waals surface area contributed by atoms with Crippen LogP contribution in [0.1, 0.15) is 56.9 Å². The lowest BCUT2D eigenvalue weighted by molar-refractivity contribution is -0.134. The quantitative estimate of drug-likeness (QED) is 0.490. The van der Waals surface area contributed by atoms with E-state index in [0.29, 0.717) is 26.1 Å². The highest BCUT2D eigenvalue weighted by atomic mass is 32.1. The van der Waals surface area contributed by atoms with Crippen LogP contribution in [0.4, 0.5) is 0 Å². The highest BCUT2D eigenvalue weighted by Gasteiger charge is 2.33. The zero-order valence-corrected chi connectivity index (χ0v) is 22.3. The fraction of sp³-hybridized carbons (Fsp3) is 0.400. The summed E-state index contributed by atoms with van der Waals surface area (Å²) in [6.07, 6.45) is 1.54. The van der Waals surface area contributed by atoms with Crippen LogP contribution in [0.2, 0.25) is 0 Å². The number of aryl methyl sites for hydroxylation is 2. The van der Waals surface area contributed by atoms with Crippen LogP contribution in [0.5, 0.6) is 0 Å². The van der Waals surface area contributed by atoms with E-state index in [1.807, 2.05) is 59.2 Å². The topological polar surface area (TPSA) is 43.9 Å². The third-order valence-electron chi connectivity index (χ3n) is 7.69. The molecule has 2 atom stereocenters. The van der Waals surface area contributed by atoms with E-state index in [-0.39, 0.29) is 23.9 Å². The van der Waals surface area contributed by atoms with Crippen LogP contribution in [-0.4, -0.2) is 65.3 Å². The normalized spacial score (nSPS) is 20.3. The lowest BCUT2D eigenvalue weighted by Gasteiger charge is -2.41. The van der Waals surface area contributed by atoms with Crippen molar-refractivity contribution in [2.45, 2.75) is 45.7 Å². The molecule has 5 rings (SSSR count). The molecule has 3 aromatic rings. The summed E-state index contributed by atoms with van der Waals surface area (Å²) >= 11 is 1.84. The molecule has 0 bridgehead atoms. The first-order chi connectivity index (χ1) is 17.4. The molecule has 1 saturated heterocycles. The molecule has 2 unspecified atom stereocenters. The average molecular weight is 502 g/mol. The van der Waals surface area contributed by atoms with Crippen molar-refractivity contribution in [1.29, 1.82) is 0 Å². The van der Waals surface area contributed by atoms with Gasteiger partial charge in [0.15, 0.2) is 0 Å². The molecule has 2 amide bonds. The van der Waals surface area contributed by atoms with Crippen molar-refractivity contribution in [3.63, 3.8) is 0 Å². The largest absolute Gasteiger partial charge is 0.339 e. The summed E-state index contributed by atoms with van der Waals surface area (Å²) in [5.74, 6) is 0.247. The fourth-order valence-corrected chi connectivity index (χ4v) is 6.50. The van der Waals surface area contributed by atoms with Gasteiger partial charge in [-0.25, -0.2) is 0 Å². The number of piperazine rings is 1. The van der Waals surface area contributed by atoms with E-state index in [1.54, 1.807) is 0 Å². The molecule has 2 aliphatic heterocycles. The fourth-order valence-electron chi connectivity index (χ4n) is 5.60. The van der Waals surface area contributed by atoms with E-state index in [1.165, 1.54) is 21.6 Å². The number of hydrogen-bond donors (Lipinski definition) is 0. The molecule has 6 heteroatoms. The Morgan fingerprint density at radius 3 is 2.50 bits per heavy atom. The molecule has 188 valence electrons. The number of benzene rings is 2. The van der Waals surface area contributed by atoms with E-state index in [4.69, 9.17) is 0 Å². The van der Waals surface area contributed by atoms with Gasteiger partial charge in [-0.3, -0.25) is 14.5 Å². The maximum Gasteiger partial charge on any atom is 0.254 e. The summed E-state index contributed by atoms with van der Waals surface area (Å²) in [7, 11) is 0. The van der Waals surface area contributed by atoms with Crippen molar-refractivity contribution in [1.82, 2.24) is 14.7 Å². The predicted octanol–water partition coefficient (Wildman–Crippen LogP) is 5.08. The number of nitrogens with zero attached hydrogens (tertiary/aromatic N) is 3. The number of thiophene rings is 1. The Balaban J connectivity index is 1.22. The van der Waals surface area contributed by atoms with E-state index in [9.17, 15) is 9.59 Å². The molecule has 0 N–H and O–H groups in total. The van der Waals surface area contributed by atoms with E-state index < -0.39 is 0 Å². The van der Waals surface area contributed by atoms with Gasteiger partial charge in [-0.1, -0.05) is 48.0 Å². The van der Waals surface area contributed by atoms with Gasteiger partial charge in [0, 0.05) is 55.6 Å². The zero-order valence-electron chi connectivity index (χ0n) is 21.4. The standard InChI is InChI=1S/C30H35N3O2S/c1-21-8-10-24(11-9-21)29-26-14-19-36-27(26)12-15-31(29)16-13-28(34)32-17-18-33(23(3)20-32)30(35)25-7-5-4-6-22(25)2/h4-11,14,19,23,29H,12-13,15-18,20H2,1-3H3. The second kappa shape index (κ2) is 10.6. The average Bonchev–Trinajstić information content (AvgIpc) is 3.36. The minimum Gasteiger partial charge on any atom is -0.339 e. The van der Waals surface area contributed by atoms with Crippen LogP contribution in [0.15, 0.2) is 60.0 Å². The van der Waals surface area contributed by atoms with Crippen molar-refractivity contribution in [3.05, 3.63) is 92.7 Å². The van der Waals surface area contributed by atoms with Gasteiger partial charge in [0.25, 0.3) is 5.91 Å². The first kappa shape index (κ1) is 24.7. The highest BCUT2D eigenvalue weighted by Crippen LogP contribution is 2.37. The number of fused-ring (bicyclic) bond motifs is 1. The van der Waals surface area contributed by atoms with Gasteiger partial charge in [-0.2, -0.15) is 0 Å². The first-order valence-electron chi connectivity index (χ1n) is 12.9.